The molecule has 0 saturated heterocycles. The summed E-state index contributed by atoms with van der Waals surface area (Å²) in [7, 11) is 0. The molecule has 1 aromatic rings. The van der Waals surface area contributed by atoms with Crippen LogP contribution in [0.5, 0.6) is 0 Å². The normalized spacial score (nSPS) is 10.6. The zero-order chi connectivity index (χ0) is 13.4. The quantitative estimate of drug-likeness (QED) is 0.461. The number of rotatable bonds is 6. The number of ketones is 1. The first-order chi connectivity index (χ1) is 8.58. The second kappa shape index (κ2) is 7.82. The molecule has 0 bridgehead atoms. The molecule has 0 unspecified atom stereocenters. The van der Waals surface area contributed by atoms with Gasteiger partial charge in [0.05, 0.1) is 0 Å². The fourth-order valence-corrected chi connectivity index (χ4v) is 1.79. The monoisotopic (exact) mass is 310 g/mol. The van der Waals surface area contributed by atoms with Crippen molar-refractivity contribution in [3.05, 3.63) is 46.5 Å². The van der Waals surface area contributed by atoms with E-state index in [9.17, 15) is 9.59 Å². The van der Waals surface area contributed by atoms with Crippen molar-refractivity contribution >= 4 is 27.7 Å². The third-order valence-corrected chi connectivity index (χ3v) is 2.64. The molecule has 0 fully saturated rings. The lowest BCUT2D eigenvalue weighted by Gasteiger charge is -1.99. The van der Waals surface area contributed by atoms with Crippen LogP contribution in [0.3, 0.4) is 0 Å². The van der Waals surface area contributed by atoms with E-state index in [-0.39, 0.29) is 18.8 Å². The number of allylic oxidation sites excluding steroid dienone is 1. The highest BCUT2D eigenvalue weighted by atomic mass is 79.9. The molecule has 4 heteroatoms. The third kappa shape index (κ3) is 6.35. The SMILES string of the molecule is CC(=O)CC(=O)OC/C=C/Cc1cccc(Br)c1. The van der Waals surface area contributed by atoms with Crippen molar-refractivity contribution in [2.75, 3.05) is 6.61 Å². The minimum Gasteiger partial charge on any atom is -0.461 e. The van der Waals surface area contributed by atoms with Crippen LogP contribution in [0.1, 0.15) is 18.9 Å². The first-order valence-electron chi connectivity index (χ1n) is 5.62. The standard InChI is InChI=1S/C14H15BrO3/c1-11(16)9-14(17)18-8-3-2-5-12-6-4-7-13(15)10-12/h2-4,6-7,10H,5,8-9H2,1H3/b3-2+. The van der Waals surface area contributed by atoms with Crippen LogP contribution in [-0.2, 0) is 20.7 Å². The van der Waals surface area contributed by atoms with Gasteiger partial charge in [-0.3, -0.25) is 9.59 Å². The van der Waals surface area contributed by atoms with E-state index in [4.69, 9.17) is 4.74 Å². The van der Waals surface area contributed by atoms with E-state index in [0.717, 1.165) is 10.9 Å². The van der Waals surface area contributed by atoms with Crippen molar-refractivity contribution in [2.24, 2.45) is 0 Å². The Kier molecular flexibility index (Phi) is 6.36. The molecular weight excluding hydrogens is 296 g/mol. The van der Waals surface area contributed by atoms with E-state index in [0.29, 0.717) is 0 Å². The zero-order valence-electron chi connectivity index (χ0n) is 10.2. The Morgan fingerprint density at radius 1 is 1.33 bits per heavy atom. The van der Waals surface area contributed by atoms with Gasteiger partial charge < -0.3 is 4.74 Å². The molecule has 0 heterocycles. The lowest BCUT2D eigenvalue weighted by atomic mass is 10.1. The number of hydrogen-bond acceptors (Lipinski definition) is 3. The summed E-state index contributed by atoms with van der Waals surface area (Å²) < 4.78 is 5.90. The predicted molar refractivity (Wildman–Crippen MR) is 73.2 cm³/mol. The number of carbonyl (C=O) groups excluding carboxylic acids is 2. The smallest absolute Gasteiger partial charge is 0.313 e. The lowest BCUT2D eigenvalue weighted by molar-refractivity contribution is -0.144. The summed E-state index contributed by atoms with van der Waals surface area (Å²) in [6.07, 6.45) is 4.34. The van der Waals surface area contributed by atoms with Crippen LogP contribution in [0.25, 0.3) is 0 Å². The van der Waals surface area contributed by atoms with E-state index in [1.165, 1.54) is 12.5 Å². The van der Waals surface area contributed by atoms with Gasteiger partial charge in [-0.15, -0.1) is 0 Å². The topological polar surface area (TPSA) is 43.4 Å². The van der Waals surface area contributed by atoms with Crippen LogP contribution in [-0.4, -0.2) is 18.4 Å². The van der Waals surface area contributed by atoms with Crippen LogP contribution in [0.15, 0.2) is 40.9 Å². The fraction of sp³-hybridized carbons (Fsp3) is 0.286. The number of benzene rings is 1. The summed E-state index contributed by atoms with van der Waals surface area (Å²) in [5.41, 5.74) is 1.18. The summed E-state index contributed by atoms with van der Waals surface area (Å²) >= 11 is 3.40. The second-order valence-corrected chi connectivity index (χ2v) is 4.78. The molecule has 0 radical (unpaired) electrons. The van der Waals surface area contributed by atoms with Crippen molar-refractivity contribution in [2.45, 2.75) is 19.8 Å². The molecule has 0 aliphatic rings. The minimum absolute atomic E-state index is 0.153. The Hall–Kier alpha value is -1.42. The predicted octanol–water partition coefficient (Wildman–Crippen LogP) is 3.07. The van der Waals surface area contributed by atoms with Crippen molar-refractivity contribution in [1.29, 1.82) is 0 Å². The van der Waals surface area contributed by atoms with E-state index in [1.807, 2.05) is 30.3 Å². The summed E-state index contributed by atoms with van der Waals surface area (Å²) in [5.74, 6) is -0.660. The van der Waals surface area contributed by atoms with Gasteiger partial charge in [0.2, 0.25) is 0 Å². The maximum atomic E-state index is 11.0. The Bertz CT molecular complexity index is 452. The van der Waals surface area contributed by atoms with E-state index < -0.39 is 5.97 Å². The number of hydrogen-bond donors (Lipinski definition) is 0. The molecule has 18 heavy (non-hydrogen) atoms. The molecule has 1 aromatic carbocycles. The molecule has 1 rings (SSSR count). The molecule has 96 valence electrons. The molecule has 0 N–H and O–H groups in total. The number of Topliss-reactive ketones (excluding diaryl/α,β-unsaturated/α-hetero) is 1. The van der Waals surface area contributed by atoms with Gasteiger partial charge in [-0.05, 0) is 31.0 Å². The molecule has 3 nitrogen and oxygen atoms in total. The Labute approximate surface area is 115 Å². The molecule has 0 atom stereocenters. The highest BCUT2D eigenvalue weighted by Crippen LogP contribution is 2.12. The summed E-state index contributed by atoms with van der Waals surface area (Å²) in [4.78, 5) is 21.7. The van der Waals surface area contributed by atoms with Crippen molar-refractivity contribution < 1.29 is 14.3 Å². The van der Waals surface area contributed by atoms with Gasteiger partial charge in [0.1, 0.15) is 18.8 Å². The van der Waals surface area contributed by atoms with Gasteiger partial charge in [-0.1, -0.05) is 40.2 Å². The average molecular weight is 311 g/mol. The molecule has 0 amide bonds. The first kappa shape index (κ1) is 14.6. The maximum absolute atomic E-state index is 11.0. The van der Waals surface area contributed by atoms with Gasteiger partial charge in [-0.2, -0.15) is 0 Å². The number of halogens is 1. The van der Waals surface area contributed by atoms with Crippen LogP contribution in [0.4, 0.5) is 0 Å². The minimum atomic E-state index is -0.477. The second-order valence-electron chi connectivity index (χ2n) is 3.87. The Morgan fingerprint density at radius 3 is 2.78 bits per heavy atom. The molecule has 0 aliphatic carbocycles. The number of ether oxygens (including phenoxy) is 1. The maximum Gasteiger partial charge on any atom is 0.313 e. The highest BCUT2D eigenvalue weighted by Gasteiger charge is 2.04. The Balaban J connectivity index is 2.26. The highest BCUT2D eigenvalue weighted by molar-refractivity contribution is 9.10. The van der Waals surface area contributed by atoms with Gasteiger partial charge in [-0.25, -0.2) is 0 Å². The van der Waals surface area contributed by atoms with Gasteiger partial charge in [0, 0.05) is 4.47 Å². The van der Waals surface area contributed by atoms with Crippen LogP contribution in [0, 0.1) is 0 Å². The summed E-state index contributed by atoms with van der Waals surface area (Å²) in [5, 5.41) is 0. The molecule has 0 aromatic heterocycles. The molecule has 0 spiro atoms. The summed E-state index contributed by atoms with van der Waals surface area (Å²) in [6, 6.07) is 8.00. The van der Waals surface area contributed by atoms with Crippen molar-refractivity contribution in [3.63, 3.8) is 0 Å². The Morgan fingerprint density at radius 2 is 2.11 bits per heavy atom. The largest absolute Gasteiger partial charge is 0.461 e. The average Bonchev–Trinajstić information content (AvgIpc) is 2.27. The molecule has 0 aliphatic heterocycles. The zero-order valence-corrected chi connectivity index (χ0v) is 11.8. The van der Waals surface area contributed by atoms with E-state index >= 15 is 0 Å². The van der Waals surface area contributed by atoms with Crippen molar-refractivity contribution in [3.8, 4) is 0 Å². The van der Waals surface area contributed by atoms with Gasteiger partial charge in [0.25, 0.3) is 0 Å². The molecular formula is C14H15BrO3. The fourth-order valence-electron chi connectivity index (χ4n) is 1.35. The summed E-state index contributed by atoms with van der Waals surface area (Å²) in [6.45, 7) is 1.57. The number of esters is 1. The van der Waals surface area contributed by atoms with E-state index in [2.05, 4.69) is 15.9 Å². The van der Waals surface area contributed by atoms with Crippen molar-refractivity contribution in [1.82, 2.24) is 0 Å². The van der Waals surface area contributed by atoms with Crippen LogP contribution >= 0.6 is 15.9 Å². The molecule has 0 saturated carbocycles. The van der Waals surface area contributed by atoms with Crippen LogP contribution in [0.2, 0.25) is 0 Å². The first-order valence-corrected chi connectivity index (χ1v) is 6.41. The third-order valence-electron chi connectivity index (χ3n) is 2.14. The number of carbonyl (C=O) groups is 2. The van der Waals surface area contributed by atoms with Gasteiger partial charge in [0.15, 0.2) is 0 Å². The lowest BCUT2D eigenvalue weighted by Crippen LogP contribution is -2.08. The van der Waals surface area contributed by atoms with Gasteiger partial charge >= 0.3 is 5.97 Å². The van der Waals surface area contributed by atoms with E-state index in [1.54, 1.807) is 6.08 Å². The van der Waals surface area contributed by atoms with Crippen LogP contribution < -0.4 is 0 Å².